The molecule has 1 atom stereocenters. The molecule has 0 aliphatic carbocycles. The summed E-state index contributed by atoms with van der Waals surface area (Å²) in [6, 6.07) is 16.6. The molecule has 3 nitrogen and oxygen atoms in total. The molecule has 2 aromatic carbocycles. The third kappa shape index (κ3) is 8.83. The first-order valence-corrected chi connectivity index (χ1v) is 12.2. The van der Waals surface area contributed by atoms with Gasteiger partial charge in [-0.05, 0) is 55.7 Å². The Morgan fingerprint density at radius 3 is 2.00 bits per heavy atom. The van der Waals surface area contributed by atoms with Gasteiger partial charge >= 0.3 is 5.97 Å². The lowest BCUT2D eigenvalue weighted by Gasteiger charge is -2.11. The Morgan fingerprint density at radius 1 is 0.833 bits per heavy atom. The summed E-state index contributed by atoms with van der Waals surface area (Å²) >= 11 is 1.52. The summed E-state index contributed by atoms with van der Waals surface area (Å²) in [5, 5.41) is -0.205. The summed E-state index contributed by atoms with van der Waals surface area (Å²) in [4.78, 5) is 12.8. The SMILES string of the molecule is CCCCCCCCCOc1ccc(-c2ccc(S[C@H](C)C(=O)OCC)cc2)cc1. The maximum Gasteiger partial charge on any atom is 0.319 e. The van der Waals surface area contributed by atoms with Gasteiger partial charge in [-0.3, -0.25) is 4.79 Å². The standard InChI is InChI=1S/C26H36O3S/c1-4-6-7-8-9-10-11-20-29-24-16-12-22(13-17-24)23-14-18-25(19-15-23)30-21(3)26(27)28-5-2/h12-19,21H,4-11,20H2,1-3H3/t21-/m1/s1. The van der Waals surface area contributed by atoms with Gasteiger partial charge in [-0.25, -0.2) is 0 Å². The van der Waals surface area contributed by atoms with Crippen molar-refractivity contribution in [3.63, 3.8) is 0 Å². The topological polar surface area (TPSA) is 35.5 Å². The van der Waals surface area contributed by atoms with Crippen molar-refractivity contribution in [2.45, 2.75) is 75.9 Å². The summed E-state index contributed by atoms with van der Waals surface area (Å²) < 4.78 is 11.0. The molecule has 0 amide bonds. The van der Waals surface area contributed by atoms with Crippen LogP contribution in [0.1, 0.15) is 65.7 Å². The summed E-state index contributed by atoms with van der Waals surface area (Å²) in [7, 11) is 0. The molecule has 0 fully saturated rings. The van der Waals surface area contributed by atoms with Gasteiger partial charge < -0.3 is 9.47 Å². The second kappa shape index (κ2) is 14.1. The zero-order valence-corrected chi connectivity index (χ0v) is 19.5. The number of thioether (sulfide) groups is 1. The maximum atomic E-state index is 11.8. The van der Waals surface area contributed by atoms with Crippen LogP contribution in [0, 0.1) is 0 Å². The van der Waals surface area contributed by atoms with Crippen LogP contribution in [0.5, 0.6) is 5.75 Å². The van der Waals surface area contributed by atoms with Gasteiger partial charge in [0.05, 0.1) is 13.2 Å². The van der Waals surface area contributed by atoms with Crippen LogP contribution in [0.4, 0.5) is 0 Å². The van der Waals surface area contributed by atoms with Crippen LogP contribution < -0.4 is 4.74 Å². The van der Waals surface area contributed by atoms with Crippen molar-refractivity contribution in [1.82, 2.24) is 0 Å². The van der Waals surface area contributed by atoms with E-state index in [2.05, 4.69) is 43.3 Å². The number of hydrogen-bond donors (Lipinski definition) is 0. The Bertz CT molecular complexity index is 725. The van der Waals surface area contributed by atoms with E-state index < -0.39 is 0 Å². The smallest absolute Gasteiger partial charge is 0.319 e. The molecule has 0 spiro atoms. The van der Waals surface area contributed by atoms with Crippen LogP contribution in [-0.2, 0) is 9.53 Å². The van der Waals surface area contributed by atoms with Gasteiger partial charge in [0.25, 0.3) is 0 Å². The number of esters is 1. The van der Waals surface area contributed by atoms with Crippen LogP contribution in [0.15, 0.2) is 53.4 Å². The molecule has 0 saturated carbocycles. The monoisotopic (exact) mass is 428 g/mol. The minimum Gasteiger partial charge on any atom is -0.494 e. The number of unbranched alkanes of at least 4 members (excludes halogenated alkanes) is 6. The quantitative estimate of drug-likeness (QED) is 0.177. The molecular formula is C26H36O3S. The van der Waals surface area contributed by atoms with E-state index >= 15 is 0 Å². The zero-order chi connectivity index (χ0) is 21.6. The molecule has 0 unspecified atom stereocenters. The lowest BCUT2D eigenvalue weighted by Crippen LogP contribution is -2.16. The maximum absolute atomic E-state index is 11.8. The van der Waals surface area contributed by atoms with Crippen LogP contribution >= 0.6 is 11.8 Å². The highest BCUT2D eigenvalue weighted by atomic mass is 32.2. The highest BCUT2D eigenvalue weighted by Gasteiger charge is 2.15. The summed E-state index contributed by atoms with van der Waals surface area (Å²) in [6.07, 6.45) is 9.06. The number of hydrogen-bond acceptors (Lipinski definition) is 4. The minimum absolute atomic E-state index is 0.168. The third-order valence-corrected chi connectivity index (χ3v) is 6.08. The van der Waals surface area contributed by atoms with E-state index in [-0.39, 0.29) is 11.2 Å². The van der Waals surface area contributed by atoms with E-state index in [0.717, 1.165) is 34.8 Å². The number of carbonyl (C=O) groups excluding carboxylic acids is 1. The largest absolute Gasteiger partial charge is 0.494 e. The van der Waals surface area contributed by atoms with E-state index in [1.165, 1.54) is 50.3 Å². The highest BCUT2D eigenvalue weighted by molar-refractivity contribution is 8.00. The Hall–Kier alpha value is -1.94. The predicted molar refractivity (Wildman–Crippen MR) is 127 cm³/mol. The first-order chi connectivity index (χ1) is 14.6. The molecule has 0 bridgehead atoms. The summed E-state index contributed by atoms with van der Waals surface area (Å²) in [5.74, 6) is 0.763. The lowest BCUT2D eigenvalue weighted by atomic mass is 10.1. The molecule has 2 rings (SSSR count). The number of carbonyl (C=O) groups is 1. The fourth-order valence-corrected chi connectivity index (χ4v) is 4.10. The molecule has 0 aliphatic heterocycles. The van der Waals surface area contributed by atoms with Crippen LogP contribution in [0.25, 0.3) is 11.1 Å². The molecule has 0 radical (unpaired) electrons. The molecule has 0 aromatic heterocycles. The average molecular weight is 429 g/mol. The zero-order valence-electron chi connectivity index (χ0n) is 18.7. The van der Waals surface area contributed by atoms with Gasteiger partial charge in [0, 0.05) is 4.90 Å². The Morgan fingerprint density at radius 2 is 1.40 bits per heavy atom. The van der Waals surface area contributed by atoms with E-state index in [1.807, 2.05) is 26.0 Å². The van der Waals surface area contributed by atoms with Crippen molar-refractivity contribution in [3.8, 4) is 16.9 Å². The second-order valence-corrected chi connectivity index (χ2v) is 8.94. The van der Waals surface area contributed by atoms with Crippen LogP contribution in [0.2, 0.25) is 0 Å². The Balaban J connectivity index is 1.75. The minimum atomic E-state index is -0.205. The molecule has 0 saturated heterocycles. The van der Waals surface area contributed by atoms with Crippen molar-refractivity contribution < 1.29 is 14.3 Å². The van der Waals surface area contributed by atoms with Gasteiger partial charge in [0.1, 0.15) is 11.0 Å². The van der Waals surface area contributed by atoms with Gasteiger partial charge in [0.2, 0.25) is 0 Å². The summed E-state index contributed by atoms with van der Waals surface area (Å²) in [5.41, 5.74) is 2.31. The Kier molecular flexibility index (Phi) is 11.5. The average Bonchev–Trinajstić information content (AvgIpc) is 2.77. The van der Waals surface area contributed by atoms with Crippen molar-refractivity contribution in [2.24, 2.45) is 0 Å². The van der Waals surface area contributed by atoms with E-state index in [0.29, 0.717) is 6.61 Å². The molecule has 0 N–H and O–H groups in total. The first-order valence-electron chi connectivity index (χ1n) is 11.3. The number of benzene rings is 2. The van der Waals surface area contributed by atoms with Crippen molar-refractivity contribution >= 4 is 17.7 Å². The van der Waals surface area contributed by atoms with Gasteiger partial charge in [0.15, 0.2) is 0 Å². The molecule has 30 heavy (non-hydrogen) atoms. The van der Waals surface area contributed by atoms with Crippen molar-refractivity contribution in [1.29, 1.82) is 0 Å². The molecule has 0 heterocycles. The molecular weight excluding hydrogens is 392 g/mol. The van der Waals surface area contributed by atoms with Crippen LogP contribution in [-0.4, -0.2) is 24.4 Å². The van der Waals surface area contributed by atoms with Crippen molar-refractivity contribution in [3.05, 3.63) is 48.5 Å². The van der Waals surface area contributed by atoms with Gasteiger partial charge in [-0.2, -0.15) is 0 Å². The molecule has 4 heteroatoms. The van der Waals surface area contributed by atoms with Gasteiger partial charge in [-0.1, -0.05) is 69.7 Å². The first kappa shape index (κ1) is 24.3. The fraction of sp³-hybridized carbons (Fsp3) is 0.500. The van der Waals surface area contributed by atoms with E-state index in [9.17, 15) is 4.79 Å². The predicted octanol–water partition coefficient (Wildman–Crippen LogP) is 7.53. The highest BCUT2D eigenvalue weighted by Crippen LogP contribution is 2.28. The normalized spacial score (nSPS) is 11.8. The van der Waals surface area contributed by atoms with Crippen LogP contribution in [0.3, 0.4) is 0 Å². The second-order valence-electron chi connectivity index (χ2n) is 7.53. The molecule has 2 aromatic rings. The fourth-order valence-electron chi connectivity index (χ4n) is 3.23. The Labute approximate surface area is 186 Å². The lowest BCUT2D eigenvalue weighted by molar-refractivity contribution is -0.142. The van der Waals surface area contributed by atoms with E-state index in [1.54, 1.807) is 0 Å². The molecule has 164 valence electrons. The van der Waals surface area contributed by atoms with E-state index in [4.69, 9.17) is 9.47 Å². The number of rotatable bonds is 14. The third-order valence-electron chi connectivity index (χ3n) is 4.99. The summed E-state index contributed by atoms with van der Waals surface area (Å²) in [6.45, 7) is 7.17. The molecule has 0 aliphatic rings. The van der Waals surface area contributed by atoms with Crippen molar-refractivity contribution in [2.75, 3.05) is 13.2 Å². The van der Waals surface area contributed by atoms with Gasteiger partial charge in [-0.15, -0.1) is 11.8 Å². The number of ether oxygens (including phenoxy) is 2.